The molecule has 8 heteroatoms. The molecule has 2 N–H and O–H groups in total. The molecule has 4 rings (SSSR count). The molecule has 0 bridgehead atoms. The van der Waals surface area contributed by atoms with Crippen molar-refractivity contribution in [1.29, 1.82) is 0 Å². The van der Waals surface area contributed by atoms with Gasteiger partial charge in [0.2, 0.25) is 5.16 Å². The van der Waals surface area contributed by atoms with E-state index in [1.165, 1.54) is 17.3 Å². The minimum Gasteiger partial charge on any atom is -0.358 e. The number of piperidine rings is 1. The highest BCUT2D eigenvalue weighted by Gasteiger charge is 2.42. The third-order valence-electron chi connectivity index (χ3n) is 5.40. The third kappa shape index (κ3) is 4.06. The summed E-state index contributed by atoms with van der Waals surface area (Å²) in [6.07, 6.45) is 4.12. The lowest BCUT2D eigenvalue weighted by Gasteiger charge is -2.44. The normalized spacial score (nSPS) is 21.9. The molecule has 0 unspecified atom stereocenters. The number of nitrogens with one attached hydrogen (secondary N) is 2. The van der Waals surface area contributed by atoms with Crippen LogP contribution in [0.25, 0.3) is 5.69 Å². The summed E-state index contributed by atoms with van der Waals surface area (Å²) in [4.78, 5) is 0. The van der Waals surface area contributed by atoms with Crippen molar-refractivity contribution in [2.24, 2.45) is 0 Å². The van der Waals surface area contributed by atoms with E-state index in [1.54, 1.807) is 11.8 Å². The molecule has 1 fully saturated rings. The van der Waals surface area contributed by atoms with Crippen LogP contribution in [-0.4, -0.2) is 46.2 Å². The Morgan fingerprint density at radius 3 is 2.90 bits per heavy atom. The lowest BCUT2D eigenvalue weighted by atomic mass is 9.87. The summed E-state index contributed by atoms with van der Waals surface area (Å²) in [5.74, 6) is 0. The number of thioether (sulfide) groups is 1. The average molecular weight is 411 g/mol. The summed E-state index contributed by atoms with van der Waals surface area (Å²) in [5, 5.41) is 20.1. The molecule has 3 aromatic rings. The predicted octanol–water partition coefficient (Wildman–Crippen LogP) is 2.73. The minimum absolute atomic E-state index is 0.155. The van der Waals surface area contributed by atoms with Crippen LogP contribution in [0.5, 0.6) is 0 Å². The van der Waals surface area contributed by atoms with E-state index in [2.05, 4.69) is 62.6 Å². The van der Waals surface area contributed by atoms with E-state index in [4.69, 9.17) is 4.74 Å². The zero-order valence-corrected chi connectivity index (χ0v) is 17.5. The predicted molar refractivity (Wildman–Crippen MR) is 114 cm³/mol. The monoisotopic (exact) mass is 410 g/mol. The van der Waals surface area contributed by atoms with Crippen molar-refractivity contribution in [1.82, 2.24) is 30.8 Å². The van der Waals surface area contributed by atoms with Gasteiger partial charge in [0.15, 0.2) is 5.72 Å². The fraction of sp³-hybridized carbons (Fsp3) is 0.381. The molecular weight excluding hydrogens is 384 g/mol. The quantitative estimate of drug-likeness (QED) is 0.580. The Morgan fingerprint density at radius 1 is 1.24 bits per heavy atom. The first-order valence-corrected chi connectivity index (χ1v) is 11.0. The summed E-state index contributed by atoms with van der Waals surface area (Å²) in [6, 6.07) is 18.8. The highest BCUT2D eigenvalue weighted by molar-refractivity contribution is 7.98. The molecule has 152 valence electrons. The van der Waals surface area contributed by atoms with Gasteiger partial charge in [0.05, 0.1) is 11.7 Å². The van der Waals surface area contributed by atoms with Crippen LogP contribution in [0, 0.1) is 0 Å². The average Bonchev–Trinajstić information content (AvgIpc) is 3.28. The summed E-state index contributed by atoms with van der Waals surface area (Å²) < 4.78 is 7.84. The number of hydrogen-bond acceptors (Lipinski definition) is 7. The van der Waals surface area contributed by atoms with Crippen LogP contribution in [-0.2, 0) is 17.0 Å². The highest BCUT2D eigenvalue weighted by Crippen LogP contribution is 2.31. The van der Waals surface area contributed by atoms with Gasteiger partial charge in [-0.05, 0) is 53.8 Å². The topological polar surface area (TPSA) is 76.9 Å². The van der Waals surface area contributed by atoms with Gasteiger partial charge >= 0.3 is 0 Å². The molecular formula is C21H26N6OS. The largest absolute Gasteiger partial charge is 0.358 e. The van der Waals surface area contributed by atoms with Crippen molar-refractivity contribution < 1.29 is 4.74 Å². The van der Waals surface area contributed by atoms with Gasteiger partial charge in [0.1, 0.15) is 0 Å². The van der Waals surface area contributed by atoms with Gasteiger partial charge in [-0.2, -0.15) is 4.68 Å². The molecule has 1 aliphatic rings. The van der Waals surface area contributed by atoms with E-state index >= 15 is 0 Å². The summed E-state index contributed by atoms with van der Waals surface area (Å²) in [6.45, 7) is 1.67. The Balaban J connectivity index is 1.54. The number of nitrogens with zero attached hydrogens (tertiary/aromatic N) is 4. The van der Waals surface area contributed by atoms with Crippen molar-refractivity contribution in [2.75, 3.05) is 19.9 Å². The Labute approximate surface area is 175 Å². The highest BCUT2D eigenvalue weighted by atomic mass is 32.2. The van der Waals surface area contributed by atoms with E-state index in [9.17, 15) is 0 Å². The van der Waals surface area contributed by atoms with Crippen molar-refractivity contribution >= 4 is 11.8 Å². The molecule has 0 amide bonds. The molecule has 1 saturated heterocycles. The fourth-order valence-corrected chi connectivity index (χ4v) is 4.41. The van der Waals surface area contributed by atoms with Gasteiger partial charge in [-0.25, -0.2) is 0 Å². The molecule has 1 aromatic heterocycles. The molecule has 0 aliphatic carbocycles. The molecule has 0 spiro atoms. The van der Waals surface area contributed by atoms with Crippen molar-refractivity contribution in [3.05, 3.63) is 65.7 Å². The summed E-state index contributed by atoms with van der Waals surface area (Å²) in [7, 11) is 1.78. The fourth-order valence-electron chi connectivity index (χ4n) is 3.98. The Bertz CT molecular complexity index is 934. The first kappa shape index (κ1) is 20.0. The van der Waals surface area contributed by atoms with Gasteiger partial charge in [-0.1, -0.05) is 54.2 Å². The maximum Gasteiger partial charge on any atom is 0.213 e. The van der Waals surface area contributed by atoms with E-state index in [0.717, 1.165) is 42.3 Å². The molecule has 0 radical (unpaired) electrons. The van der Waals surface area contributed by atoms with E-state index < -0.39 is 5.72 Å². The molecule has 1 aliphatic heterocycles. The third-order valence-corrected chi connectivity index (χ3v) is 6.02. The lowest BCUT2D eigenvalue weighted by molar-refractivity contribution is -0.0899. The first-order valence-electron chi connectivity index (χ1n) is 9.77. The van der Waals surface area contributed by atoms with Gasteiger partial charge in [0.25, 0.3) is 0 Å². The molecule has 2 atom stereocenters. The molecule has 2 aromatic carbocycles. The second-order valence-electron chi connectivity index (χ2n) is 7.06. The van der Waals surface area contributed by atoms with Crippen molar-refractivity contribution in [3.8, 4) is 5.69 Å². The molecule has 7 nitrogen and oxygen atoms in total. The van der Waals surface area contributed by atoms with Crippen LogP contribution in [0.2, 0.25) is 0 Å². The second-order valence-corrected chi connectivity index (χ2v) is 7.83. The van der Waals surface area contributed by atoms with Gasteiger partial charge in [0, 0.05) is 19.2 Å². The summed E-state index contributed by atoms with van der Waals surface area (Å²) >= 11 is 1.53. The molecule has 29 heavy (non-hydrogen) atoms. The minimum atomic E-state index is -0.529. The molecule has 0 saturated carbocycles. The van der Waals surface area contributed by atoms with E-state index in [0.29, 0.717) is 0 Å². The SMILES string of the molecule is CO[C@]1(c2ccccc2)NCCC[C@H]1NCc1cccc(-n2nnnc2SC)c1. The van der Waals surface area contributed by atoms with Crippen molar-refractivity contribution in [3.63, 3.8) is 0 Å². The maximum atomic E-state index is 6.07. The Morgan fingerprint density at radius 2 is 2.10 bits per heavy atom. The second kappa shape index (κ2) is 9.04. The van der Waals surface area contributed by atoms with Crippen molar-refractivity contribution in [2.45, 2.75) is 36.3 Å². The van der Waals surface area contributed by atoms with Crippen LogP contribution >= 0.6 is 11.8 Å². The standard InChI is InChI=1S/C21H26N6OS/c1-28-21(17-9-4-3-5-10-17)19(12-7-13-23-21)22-15-16-8-6-11-18(14-16)27-20(29-2)24-25-26-27/h3-6,8-11,14,19,22-23H,7,12-13,15H2,1-2H3/t19-,21+/m1/s1. The van der Waals surface area contributed by atoms with Crippen LogP contribution in [0.3, 0.4) is 0 Å². The number of aromatic nitrogens is 4. The van der Waals surface area contributed by atoms with Gasteiger partial charge in [-0.3, -0.25) is 5.32 Å². The van der Waals surface area contributed by atoms with E-state index in [1.807, 2.05) is 24.5 Å². The number of hydrogen-bond donors (Lipinski definition) is 2. The zero-order chi connectivity index (χ0) is 20.1. The first-order chi connectivity index (χ1) is 14.3. The number of rotatable bonds is 7. The smallest absolute Gasteiger partial charge is 0.213 e. The number of benzene rings is 2. The van der Waals surface area contributed by atoms with Gasteiger partial charge in [-0.15, -0.1) is 5.10 Å². The van der Waals surface area contributed by atoms with Gasteiger partial charge < -0.3 is 10.1 Å². The Hall–Kier alpha value is -2.26. The van der Waals surface area contributed by atoms with Crippen LogP contribution in [0.1, 0.15) is 24.0 Å². The number of ether oxygens (including phenoxy) is 1. The van der Waals surface area contributed by atoms with Crippen LogP contribution in [0.4, 0.5) is 0 Å². The molecule has 2 heterocycles. The van der Waals surface area contributed by atoms with Crippen LogP contribution < -0.4 is 10.6 Å². The zero-order valence-electron chi connectivity index (χ0n) is 16.7. The Kier molecular flexibility index (Phi) is 6.25. The summed E-state index contributed by atoms with van der Waals surface area (Å²) in [5.41, 5.74) is 2.75. The van der Waals surface area contributed by atoms with E-state index in [-0.39, 0.29) is 6.04 Å². The lowest BCUT2D eigenvalue weighted by Crippen LogP contribution is -2.61. The number of methoxy groups -OCH3 is 1. The maximum absolute atomic E-state index is 6.07. The number of tetrazole rings is 1. The van der Waals surface area contributed by atoms with Crippen LogP contribution in [0.15, 0.2) is 59.8 Å².